The van der Waals surface area contributed by atoms with Gasteiger partial charge in [0, 0.05) is 0 Å². The fourth-order valence-electron chi connectivity index (χ4n) is 2.23. The molecule has 19 heavy (non-hydrogen) atoms. The molecule has 0 radical (unpaired) electrons. The van der Waals surface area contributed by atoms with Gasteiger partial charge in [0.1, 0.15) is 10.8 Å². The van der Waals surface area contributed by atoms with E-state index in [0.29, 0.717) is 10.8 Å². The zero-order valence-corrected chi connectivity index (χ0v) is 12.4. The monoisotopic (exact) mass is 277 g/mol. The Morgan fingerprint density at radius 3 is 2.42 bits per heavy atom. The molecule has 1 aromatic carbocycles. The van der Waals surface area contributed by atoms with Crippen LogP contribution in [0.2, 0.25) is 5.02 Å². The number of hydrogen-bond donors (Lipinski definition) is 1. The lowest BCUT2D eigenvalue weighted by Crippen LogP contribution is -2.11. The normalized spacial score (nSPS) is 12.6. The number of aryl methyl sites for hydroxylation is 2. The molecule has 4 heteroatoms. The number of rotatable bonds is 4. The molecular weight excluding hydrogens is 258 g/mol. The van der Waals surface area contributed by atoms with Gasteiger partial charge >= 0.3 is 0 Å². The van der Waals surface area contributed by atoms with E-state index >= 15 is 0 Å². The Morgan fingerprint density at radius 2 is 1.95 bits per heavy atom. The van der Waals surface area contributed by atoms with Crippen molar-refractivity contribution < 1.29 is 0 Å². The van der Waals surface area contributed by atoms with Gasteiger partial charge < -0.3 is 5.73 Å². The number of aromatic nitrogens is 2. The molecule has 1 unspecified atom stereocenters. The third-order valence-electron chi connectivity index (χ3n) is 3.41. The van der Waals surface area contributed by atoms with Crippen molar-refractivity contribution in [2.75, 3.05) is 5.73 Å². The topological polar surface area (TPSA) is 43.8 Å². The van der Waals surface area contributed by atoms with Crippen molar-refractivity contribution in [2.24, 2.45) is 0 Å². The van der Waals surface area contributed by atoms with Crippen molar-refractivity contribution in [2.45, 2.75) is 39.7 Å². The summed E-state index contributed by atoms with van der Waals surface area (Å²) in [7, 11) is 0. The van der Waals surface area contributed by atoms with Crippen molar-refractivity contribution >= 4 is 17.4 Å². The average Bonchev–Trinajstić information content (AvgIpc) is 2.67. The molecule has 0 bridgehead atoms. The zero-order valence-electron chi connectivity index (χ0n) is 11.7. The van der Waals surface area contributed by atoms with E-state index in [1.165, 1.54) is 11.1 Å². The molecule has 0 saturated heterocycles. The summed E-state index contributed by atoms with van der Waals surface area (Å²) in [5, 5.41) is 4.95. The summed E-state index contributed by atoms with van der Waals surface area (Å²) in [6.45, 7) is 6.13. The van der Waals surface area contributed by atoms with Crippen LogP contribution >= 0.6 is 11.6 Å². The molecule has 0 aliphatic rings. The van der Waals surface area contributed by atoms with E-state index in [9.17, 15) is 0 Å². The minimum atomic E-state index is 0.0851. The van der Waals surface area contributed by atoms with Crippen LogP contribution in [-0.2, 0) is 6.42 Å². The number of nitrogens with two attached hydrogens (primary N) is 1. The first kappa shape index (κ1) is 13.9. The van der Waals surface area contributed by atoms with Crippen molar-refractivity contribution in [1.82, 2.24) is 9.78 Å². The van der Waals surface area contributed by atoms with E-state index in [2.05, 4.69) is 43.2 Å². The maximum atomic E-state index is 6.09. The van der Waals surface area contributed by atoms with Crippen LogP contribution < -0.4 is 5.73 Å². The van der Waals surface area contributed by atoms with Crippen LogP contribution in [0, 0.1) is 6.92 Å². The molecule has 102 valence electrons. The molecule has 2 rings (SSSR count). The summed E-state index contributed by atoms with van der Waals surface area (Å²) < 4.78 is 1.78. The van der Waals surface area contributed by atoms with E-state index in [1.807, 2.05) is 6.92 Å². The van der Waals surface area contributed by atoms with Crippen molar-refractivity contribution in [3.05, 3.63) is 46.1 Å². The molecule has 1 atom stereocenters. The molecule has 0 amide bonds. The highest BCUT2D eigenvalue weighted by atomic mass is 35.5. The number of anilines is 1. The first-order valence-electron chi connectivity index (χ1n) is 6.63. The SMILES string of the molecule is CCCc1ccc(C(C)n2nc(C)c(Cl)c2N)cc1. The smallest absolute Gasteiger partial charge is 0.141 e. The summed E-state index contributed by atoms with van der Waals surface area (Å²) in [6.07, 6.45) is 2.28. The Labute approximate surface area is 119 Å². The van der Waals surface area contributed by atoms with Gasteiger partial charge in [0.15, 0.2) is 0 Å². The second-order valence-electron chi connectivity index (χ2n) is 4.90. The predicted molar refractivity (Wildman–Crippen MR) is 80.6 cm³/mol. The Kier molecular flexibility index (Phi) is 4.15. The Hall–Kier alpha value is -1.48. The van der Waals surface area contributed by atoms with E-state index in [4.69, 9.17) is 17.3 Å². The predicted octanol–water partition coefficient (Wildman–Crippen LogP) is 3.99. The highest BCUT2D eigenvalue weighted by molar-refractivity contribution is 6.33. The fourth-order valence-corrected chi connectivity index (χ4v) is 2.36. The summed E-state index contributed by atoms with van der Waals surface area (Å²) in [5.74, 6) is 0.532. The molecule has 0 aliphatic carbocycles. The van der Waals surface area contributed by atoms with E-state index in [0.717, 1.165) is 18.5 Å². The molecule has 0 spiro atoms. The quantitative estimate of drug-likeness (QED) is 0.918. The van der Waals surface area contributed by atoms with E-state index in [-0.39, 0.29) is 6.04 Å². The van der Waals surface area contributed by atoms with E-state index < -0.39 is 0 Å². The van der Waals surface area contributed by atoms with Crippen LogP contribution in [0.4, 0.5) is 5.82 Å². The summed E-state index contributed by atoms with van der Waals surface area (Å²) in [4.78, 5) is 0. The van der Waals surface area contributed by atoms with Gasteiger partial charge in [-0.3, -0.25) is 0 Å². The van der Waals surface area contributed by atoms with Crippen LogP contribution in [0.5, 0.6) is 0 Å². The molecule has 0 saturated carbocycles. The highest BCUT2D eigenvalue weighted by Crippen LogP contribution is 2.28. The third-order valence-corrected chi connectivity index (χ3v) is 3.88. The van der Waals surface area contributed by atoms with Gasteiger partial charge in [-0.2, -0.15) is 5.10 Å². The molecule has 3 nitrogen and oxygen atoms in total. The van der Waals surface area contributed by atoms with Crippen molar-refractivity contribution in [3.8, 4) is 0 Å². The van der Waals surface area contributed by atoms with Crippen LogP contribution in [-0.4, -0.2) is 9.78 Å². The van der Waals surface area contributed by atoms with Gasteiger partial charge in [-0.15, -0.1) is 0 Å². The molecule has 0 aliphatic heterocycles. The van der Waals surface area contributed by atoms with Gasteiger partial charge in [-0.25, -0.2) is 4.68 Å². The Balaban J connectivity index is 2.28. The molecular formula is C15H20ClN3. The third kappa shape index (κ3) is 2.76. The summed E-state index contributed by atoms with van der Waals surface area (Å²) in [5.41, 5.74) is 9.31. The zero-order chi connectivity index (χ0) is 14.0. The molecule has 2 aromatic rings. The second-order valence-corrected chi connectivity index (χ2v) is 5.27. The largest absolute Gasteiger partial charge is 0.383 e. The molecule has 1 aromatic heterocycles. The van der Waals surface area contributed by atoms with E-state index in [1.54, 1.807) is 4.68 Å². The number of benzene rings is 1. The Morgan fingerprint density at radius 1 is 1.32 bits per heavy atom. The number of nitrogens with zero attached hydrogens (tertiary/aromatic N) is 2. The second kappa shape index (κ2) is 5.66. The lowest BCUT2D eigenvalue weighted by molar-refractivity contribution is 0.569. The highest BCUT2D eigenvalue weighted by Gasteiger charge is 2.16. The average molecular weight is 278 g/mol. The number of halogens is 1. The van der Waals surface area contributed by atoms with Gasteiger partial charge in [-0.05, 0) is 31.4 Å². The number of hydrogen-bond acceptors (Lipinski definition) is 2. The van der Waals surface area contributed by atoms with Gasteiger partial charge in [0.2, 0.25) is 0 Å². The molecule has 0 fully saturated rings. The lowest BCUT2D eigenvalue weighted by Gasteiger charge is -2.15. The van der Waals surface area contributed by atoms with Gasteiger partial charge in [0.05, 0.1) is 11.7 Å². The van der Waals surface area contributed by atoms with Crippen molar-refractivity contribution in [1.29, 1.82) is 0 Å². The summed E-state index contributed by atoms with van der Waals surface area (Å²) in [6, 6.07) is 8.70. The first-order valence-corrected chi connectivity index (χ1v) is 7.01. The van der Waals surface area contributed by atoms with Crippen LogP contribution in [0.1, 0.15) is 43.1 Å². The Bertz CT molecular complexity index is 558. The van der Waals surface area contributed by atoms with Crippen LogP contribution in [0.3, 0.4) is 0 Å². The van der Waals surface area contributed by atoms with Crippen LogP contribution in [0.25, 0.3) is 0 Å². The lowest BCUT2D eigenvalue weighted by atomic mass is 10.0. The molecule has 2 N–H and O–H groups in total. The van der Waals surface area contributed by atoms with Gasteiger partial charge in [0.25, 0.3) is 0 Å². The minimum absolute atomic E-state index is 0.0851. The maximum Gasteiger partial charge on any atom is 0.141 e. The minimum Gasteiger partial charge on any atom is -0.383 e. The maximum absolute atomic E-state index is 6.09. The number of nitrogen functional groups attached to an aromatic ring is 1. The standard InChI is InChI=1S/C15H20ClN3/c1-4-5-12-6-8-13(9-7-12)11(3)19-15(17)14(16)10(2)18-19/h6-9,11H,4-5,17H2,1-3H3. The first-order chi connectivity index (χ1) is 9.04. The summed E-state index contributed by atoms with van der Waals surface area (Å²) >= 11 is 6.09. The fraction of sp³-hybridized carbons (Fsp3) is 0.400. The van der Waals surface area contributed by atoms with Gasteiger partial charge in [-0.1, -0.05) is 49.2 Å². The molecule has 1 heterocycles. The van der Waals surface area contributed by atoms with Crippen molar-refractivity contribution in [3.63, 3.8) is 0 Å². The van der Waals surface area contributed by atoms with Crippen LogP contribution in [0.15, 0.2) is 24.3 Å².